The van der Waals surface area contributed by atoms with E-state index in [1.54, 1.807) is 6.92 Å². The number of carboxylic acid groups (broad SMARTS) is 1. The van der Waals surface area contributed by atoms with E-state index in [1.165, 1.54) is 30.4 Å². The molecule has 1 aliphatic heterocycles. The van der Waals surface area contributed by atoms with E-state index < -0.39 is 120 Å². The fourth-order valence-corrected chi connectivity index (χ4v) is 7.42. The van der Waals surface area contributed by atoms with Crippen LogP contribution in [-0.2, 0) is 49.6 Å². The number of aliphatic imine (C=N–C) groups is 1. The fourth-order valence-electron chi connectivity index (χ4n) is 7.42. The molecule has 1 aromatic rings. The van der Waals surface area contributed by atoms with E-state index in [-0.39, 0.29) is 76.3 Å². The number of rotatable bonds is 33. The number of nitrogens with zero attached hydrogens (tertiary/aromatic N) is 3. The van der Waals surface area contributed by atoms with E-state index in [2.05, 4.69) is 52.2 Å². The lowest BCUT2D eigenvalue weighted by Gasteiger charge is -2.30. The molecule has 8 amide bonds. The Morgan fingerprint density at radius 1 is 0.863 bits per heavy atom. The summed E-state index contributed by atoms with van der Waals surface area (Å²) in [5, 5.41) is 44.7. The third-order valence-electron chi connectivity index (χ3n) is 11.5. The number of unbranched alkanes of at least 4 members (excludes halogenated alkanes) is 2. The largest absolute Gasteiger partial charge is 0.477 e. The number of nitrogens with two attached hydrogens (primary N) is 6. The Bertz CT molecular complexity index is 2090. The van der Waals surface area contributed by atoms with Gasteiger partial charge in [0.1, 0.15) is 41.6 Å². The number of aliphatic carboxylic acids is 1. The molecule has 8 atom stereocenters. The number of nitrogens with one attached hydrogen (secondary N) is 9. The third-order valence-corrected chi connectivity index (χ3v) is 11.5. The van der Waals surface area contributed by atoms with Gasteiger partial charge in [0.15, 0.2) is 5.96 Å². The molecule has 23 N–H and O–H groups in total. The number of aromatic amines is 1. The zero-order chi connectivity index (χ0) is 54.6. The van der Waals surface area contributed by atoms with Crippen molar-refractivity contribution in [2.24, 2.45) is 39.4 Å². The van der Waals surface area contributed by atoms with E-state index >= 15 is 0 Å². The SMILES string of the molecule is C[C@H](NC(=O)[C@@H](NC(=O)[C@@H](N)CCCCN)[C@@H](O)CN)C(=O)NCC(=O)/N=C(\CCCN)C(=O)N1[C@@H](C)CC[C@H]1C(=O)N[C@@H](Cc1cnc[nH]1)C(=O)N[C@@H](CCCCN)C(=O)N/C(=C\CCNC(=N)N)C(=O)O. The van der Waals surface area contributed by atoms with Crippen molar-refractivity contribution in [3.05, 3.63) is 30.0 Å². The normalized spacial score (nSPS) is 17.2. The number of guanidine groups is 1. The maximum Gasteiger partial charge on any atom is 0.352 e. The molecule has 1 fully saturated rings. The first-order chi connectivity index (χ1) is 34.7. The second-order valence-corrected chi connectivity index (χ2v) is 17.4. The Hall–Kier alpha value is -6.92. The van der Waals surface area contributed by atoms with Crippen LogP contribution in [0.15, 0.2) is 29.3 Å². The summed E-state index contributed by atoms with van der Waals surface area (Å²) in [6.07, 6.45) is 5.22. The average molecular weight is 1030 g/mol. The van der Waals surface area contributed by atoms with Crippen LogP contribution in [0.1, 0.15) is 90.2 Å². The summed E-state index contributed by atoms with van der Waals surface area (Å²) in [6, 6.07) is -8.30. The molecule has 2 rings (SSSR count). The van der Waals surface area contributed by atoms with Crippen LogP contribution in [0.2, 0.25) is 0 Å². The number of imidazole rings is 1. The van der Waals surface area contributed by atoms with Crippen LogP contribution in [0.5, 0.6) is 0 Å². The molecule has 0 saturated carbocycles. The summed E-state index contributed by atoms with van der Waals surface area (Å²) in [7, 11) is 0. The van der Waals surface area contributed by atoms with Crippen molar-refractivity contribution in [3.63, 3.8) is 0 Å². The molecule has 1 aliphatic rings. The van der Waals surface area contributed by atoms with Gasteiger partial charge in [0, 0.05) is 37.4 Å². The van der Waals surface area contributed by atoms with E-state index in [4.69, 9.17) is 39.8 Å². The van der Waals surface area contributed by atoms with Crippen molar-refractivity contribution >= 4 is 64.9 Å². The maximum absolute atomic E-state index is 14.3. The Labute approximate surface area is 422 Å². The summed E-state index contributed by atoms with van der Waals surface area (Å²) >= 11 is 0. The highest BCUT2D eigenvalue weighted by Crippen LogP contribution is 2.25. The van der Waals surface area contributed by atoms with Crippen molar-refractivity contribution in [1.82, 2.24) is 52.1 Å². The molecule has 0 bridgehead atoms. The van der Waals surface area contributed by atoms with E-state index in [0.717, 1.165) is 0 Å². The molecule has 29 nitrogen and oxygen atoms in total. The Morgan fingerprint density at radius 3 is 2.14 bits per heavy atom. The minimum Gasteiger partial charge on any atom is -0.477 e. The van der Waals surface area contributed by atoms with Crippen molar-refractivity contribution in [1.29, 1.82) is 5.41 Å². The number of aliphatic hydroxyl groups excluding tert-OH is 1. The number of likely N-dealkylation sites (tertiary alicyclic amines) is 1. The minimum absolute atomic E-state index is 0.0396. The van der Waals surface area contributed by atoms with Crippen LogP contribution in [0, 0.1) is 5.41 Å². The van der Waals surface area contributed by atoms with Gasteiger partial charge in [0.25, 0.3) is 11.8 Å². The topological polar surface area (TPSA) is 503 Å². The first-order valence-corrected chi connectivity index (χ1v) is 24.1. The van der Waals surface area contributed by atoms with Crippen LogP contribution < -0.4 is 71.6 Å². The first-order valence-electron chi connectivity index (χ1n) is 24.1. The molecule has 0 unspecified atom stereocenters. The molecule has 0 radical (unpaired) electrons. The molecule has 0 spiro atoms. The van der Waals surface area contributed by atoms with Gasteiger partial charge in [-0.2, -0.15) is 0 Å². The number of hydrogen-bond donors (Lipinski definition) is 17. The standard InChI is InChI=1S/C44H76N18O11/c1-24-13-14-32(40(69)60-31(19-26-21-52-23-55-26)39(68)58-28(10-4-6-16-46)38(67)59-30(43(72)73)12-8-18-53-44(50)51)62(24)42(71)29(11-7-17-47)57-34(64)22-54-36(65)25(2)56-41(70)35(33(63)20-48)61-37(66)27(49)9-3-5-15-45/h12,21,23-25,27-28,31-33,35,63H,3-11,13-20,22,45-49H2,1-2H3,(H,52,55)(H,54,65)(H,56,70)(H,58,68)(H,59,67)(H,60,69)(H,61,66)(H,72,73)(H4,50,51,53)/b30-12-,57-29+/t24-,25-,27-,28-,31-,32-,33-,35-/m0/s1. The van der Waals surface area contributed by atoms with Crippen molar-refractivity contribution < 1.29 is 53.4 Å². The maximum atomic E-state index is 14.3. The van der Waals surface area contributed by atoms with Gasteiger partial charge in [0.2, 0.25) is 35.4 Å². The van der Waals surface area contributed by atoms with Gasteiger partial charge in [-0.3, -0.25) is 43.8 Å². The van der Waals surface area contributed by atoms with Gasteiger partial charge in [-0.15, -0.1) is 0 Å². The van der Waals surface area contributed by atoms with Gasteiger partial charge in [-0.05, 0) is 97.7 Å². The lowest BCUT2D eigenvalue weighted by Crippen LogP contribution is -2.60. The van der Waals surface area contributed by atoms with Gasteiger partial charge in [-0.25, -0.2) is 14.8 Å². The molecule has 0 aromatic carbocycles. The monoisotopic (exact) mass is 1030 g/mol. The first kappa shape index (κ1) is 62.2. The zero-order valence-corrected chi connectivity index (χ0v) is 41.5. The smallest absolute Gasteiger partial charge is 0.352 e. The number of aliphatic hydroxyl groups is 1. The predicted molar refractivity (Wildman–Crippen MR) is 266 cm³/mol. The van der Waals surface area contributed by atoms with E-state index in [0.29, 0.717) is 44.3 Å². The number of amides is 8. The number of H-pyrrole nitrogens is 1. The molecule has 29 heteroatoms. The molecule has 73 heavy (non-hydrogen) atoms. The zero-order valence-electron chi connectivity index (χ0n) is 41.5. The Morgan fingerprint density at radius 2 is 1.53 bits per heavy atom. The molecule has 2 heterocycles. The molecule has 1 saturated heterocycles. The van der Waals surface area contributed by atoms with E-state index in [9.17, 15) is 53.4 Å². The second kappa shape index (κ2) is 32.9. The van der Waals surface area contributed by atoms with Crippen LogP contribution in [-0.4, -0.2) is 178 Å². The number of carbonyl (C=O) groups is 9. The van der Waals surface area contributed by atoms with Crippen LogP contribution in [0.25, 0.3) is 0 Å². The van der Waals surface area contributed by atoms with Crippen LogP contribution in [0.3, 0.4) is 0 Å². The molecule has 408 valence electrons. The quantitative estimate of drug-likeness (QED) is 0.0135. The lowest BCUT2D eigenvalue weighted by molar-refractivity contribution is -0.138. The number of carbonyl (C=O) groups excluding carboxylic acids is 8. The van der Waals surface area contributed by atoms with Crippen molar-refractivity contribution in [3.8, 4) is 0 Å². The number of hydrogen-bond acceptors (Lipinski definition) is 17. The summed E-state index contributed by atoms with van der Waals surface area (Å²) in [4.78, 5) is 132. The van der Waals surface area contributed by atoms with Crippen molar-refractivity contribution in [2.75, 3.05) is 39.3 Å². The molecular weight excluding hydrogens is 957 g/mol. The van der Waals surface area contributed by atoms with Gasteiger partial charge in [0.05, 0.1) is 25.0 Å². The number of aromatic nitrogens is 2. The molecular formula is C44H76N18O11. The van der Waals surface area contributed by atoms with Crippen LogP contribution in [0.4, 0.5) is 0 Å². The second-order valence-electron chi connectivity index (χ2n) is 17.4. The summed E-state index contributed by atoms with van der Waals surface area (Å²) in [6.45, 7) is 2.66. The Kier molecular flexibility index (Phi) is 28.1. The third kappa shape index (κ3) is 21.8. The van der Waals surface area contributed by atoms with E-state index in [1.807, 2.05) is 0 Å². The highest BCUT2D eigenvalue weighted by molar-refractivity contribution is 6.40. The van der Waals surface area contributed by atoms with Gasteiger partial charge >= 0.3 is 5.97 Å². The highest BCUT2D eigenvalue weighted by Gasteiger charge is 2.42. The molecule has 0 aliphatic carbocycles. The summed E-state index contributed by atoms with van der Waals surface area (Å²) < 4.78 is 0. The van der Waals surface area contributed by atoms with Crippen molar-refractivity contribution in [2.45, 2.75) is 139 Å². The molecule has 1 aromatic heterocycles. The lowest BCUT2D eigenvalue weighted by atomic mass is 10.1. The van der Waals surface area contributed by atoms with Gasteiger partial charge in [-0.1, -0.05) is 12.5 Å². The Balaban J connectivity index is 2.28. The van der Waals surface area contributed by atoms with Crippen LogP contribution >= 0.6 is 0 Å². The summed E-state index contributed by atoms with van der Waals surface area (Å²) in [5.41, 5.74) is 33.3. The number of carboxylic acids is 1. The predicted octanol–water partition coefficient (Wildman–Crippen LogP) is -6.02. The summed E-state index contributed by atoms with van der Waals surface area (Å²) in [5.74, 6) is -8.55. The highest BCUT2D eigenvalue weighted by atomic mass is 16.4. The fraction of sp³-hybridized carbons (Fsp3) is 0.636. The average Bonchev–Trinajstić information content (AvgIpc) is 4.02. The minimum atomic E-state index is -1.57. The van der Waals surface area contributed by atoms with Gasteiger partial charge < -0.3 is 91.7 Å².